The Morgan fingerprint density at radius 3 is 2.21 bits per heavy atom. The fourth-order valence-corrected chi connectivity index (χ4v) is 3.57. The molecule has 14 heavy (non-hydrogen) atoms. The van der Waals surface area contributed by atoms with E-state index in [-0.39, 0.29) is 10.9 Å². The zero-order chi connectivity index (χ0) is 9.38. The minimum absolute atomic E-state index is 0.288. The molecular weight excluding hydrogens is 212 g/mol. The highest BCUT2D eigenvalue weighted by Crippen LogP contribution is 2.31. The molecule has 2 nitrogen and oxygen atoms in total. The van der Waals surface area contributed by atoms with Crippen LogP contribution in [0.1, 0.15) is 0 Å². The maximum absolute atomic E-state index is 4.57. The van der Waals surface area contributed by atoms with Gasteiger partial charge in [-0.3, -0.25) is 0 Å². The highest BCUT2D eigenvalue weighted by molar-refractivity contribution is 7.43. The number of hydrogen-bond donors (Lipinski definition) is 0. The number of fused-ring (bicyclic) bond motifs is 1. The summed E-state index contributed by atoms with van der Waals surface area (Å²) in [7, 11) is -0.288. The number of rotatable bonds is 1. The van der Waals surface area contributed by atoms with Crippen LogP contribution in [-0.4, -0.2) is 8.75 Å². The monoisotopic (exact) mass is 219 g/mol. The van der Waals surface area contributed by atoms with Gasteiger partial charge in [-0.2, -0.15) is 0 Å². The average molecular weight is 219 g/mol. The van der Waals surface area contributed by atoms with Crippen LogP contribution < -0.4 is 0 Å². The van der Waals surface area contributed by atoms with Gasteiger partial charge in [0, 0.05) is 6.07 Å². The summed E-state index contributed by atoms with van der Waals surface area (Å²) >= 11 is 1.72. The van der Waals surface area contributed by atoms with Gasteiger partial charge in [0.05, 0.1) is 0 Å². The molecule has 0 aliphatic carbocycles. The van der Waals surface area contributed by atoms with Crippen molar-refractivity contribution in [3.63, 3.8) is 0 Å². The van der Waals surface area contributed by atoms with Gasteiger partial charge in [-0.1, -0.05) is 23.5 Å². The van der Waals surface area contributed by atoms with Gasteiger partial charge < -0.3 is 0 Å². The highest BCUT2D eigenvalue weighted by Gasteiger charge is 2.17. The van der Waals surface area contributed by atoms with E-state index in [1.54, 1.807) is 11.3 Å². The summed E-state index contributed by atoms with van der Waals surface area (Å²) in [5.74, 6) is 0. The van der Waals surface area contributed by atoms with Crippen LogP contribution in [0.5, 0.6) is 0 Å². The first-order valence-electron chi connectivity index (χ1n) is 4.24. The molecule has 0 aliphatic rings. The van der Waals surface area contributed by atoms with Gasteiger partial charge in [0.25, 0.3) is 15.1 Å². The van der Waals surface area contributed by atoms with Crippen molar-refractivity contribution in [3.05, 3.63) is 41.8 Å². The molecule has 3 rings (SSSR count). The van der Waals surface area contributed by atoms with Crippen molar-refractivity contribution in [1.82, 2.24) is 8.75 Å². The van der Waals surface area contributed by atoms with Crippen molar-refractivity contribution in [2.24, 2.45) is 0 Å². The van der Waals surface area contributed by atoms with Crippen LogP contribution >= 0.6 is 22.2 Å². The molecule has 2 aromatic heterocycles. The molecule has 0 atom stereocenters. The lowest BCUT2D eigenvalue weighted by Gasteiger charge is -1.75. The van der Waals surface area contributed by atoms with Crippen LogP contribution in [0.4, 0.5) is 0 Å². The average Bonchev–Trinajstić information content (AvgIpc) is 2.86. The molecule has 0 spiro atoms. The summed E-state index contributed by atoms with van der Waals surface area (Å²) in [6.07, 6.45) is 0. The number of hydrogen-bond acceptors (Lipinski definition) is 3. The quantitative estimate of drug-likeness (QED) is 0.586. The first kappa shape index (κ1) is 8.08. The molecule has 0 N–H and O–H groups in total. The molecule has 0 saturated heterocycles. The summed E-state index contributed by atoms with van der Waals surface area (Å²) in [6.45, 7) is 0. The standard InChI is InChI=1S/C10H7N2S2/c1-2-5-9-8(4-1)11-14(12-9)10-6-3-7-13-10/h1-7H/q+1. The number of aromatic nitrogens is 2. The van der Waals surface area contributed by atoms with Gasteiger partial charge in [0.2, 0.25) is 0 Å². The first-order chi connectivity index (χ1) is 6.93. The Balaban J connectivity index is 2.24. The Morgan fingerprint density at radius 2 is 1.64 bits per heavy atom. The smallest absolute Gasteiger partial charge is 0.0848 e. The van der Waals surface area contributed by atoms with Gasteiger partial charge in [0.15, 0.2) is 11.0 Å². The van der Waals surface area contributed by atoms with E-state index in [0.717, 1.165) is 11.0 Å². The summed E-state index contributed by atoms with van der Waals surface area (Å²) in [5.41, 5.74) is 2.04. The molecule has 2 heterocycles. The SMILES string of the molecule is c1csc(-[s+]2nc3ccccc3n2)c1. The van der Waals surface area contributed by atoms with Crippen molar-refractivity contribution in [1.29, 1.82) is 0 Å². The van der Waals surface area contributed by atoms with Gasteiger partial charge in [-0.25, -0.2) is 0 Å². The molecular formula is C10H7N2S2+. The number of thiophene rings is 1. The van der Waals surface area contributed by atoms with Crippen LogP contribution in [0.15, 0.2) is 41.8 Å². The van der Waals surface area contributed by atoms with Crippen molar-refractivity contribution < 1.29 is 0 Å². The second-order valence-corrected chi connectivity index (χ2v) is 5.41. The zero-order valence-corrected chi connectivity index (χ0v) is 8.89. The maximum Gasteiger partial charge on any atom is 0.283 e. The minimum Gasteiger partial charge on any atom is -0.0848 e. The third kappa shape index (κ3) is 1.23. The third-order valence-corrected chi connectivity index (χ3v) is 4.56. The van der Waals surface area contributed by atoms with Gasteiger partial charge in [-0.05, 0) is 32.3 Å². The van der Waals surface area contributed by atoms with E-state index in [0.29, 0.717) is 0 Å². The summed E-state index contributed by atoms with van der Waals surface area (Å²) in [4.78, 5) is 0. The van der Waals surface area contributed by atoms with E-state index in [2.05, 4.69) is 20.2 Å². The molecule has 0 amide bonds. The lowest BCUT2D eigenvalue weighted by Crippen LogP contribution is -1.63. The van der Waals surface area contributed by atoms with Crippen molar-refractivity contribution in [2.75, 3.05) is 0 Å². The third-order valence-electron chi connectivity index (χ3n) is 1.93. The van der Waals surface area contributed by atoms with E-state index in [9.17, 15) is 0 Å². The largest absolute Gasteiger partial charge is 0.283 e. The Bertz CT molecular complexity index is 521. The predicted molar refractivity (Wildman–Crippen MR) is 61.2 cm³/mol. The molecule has 0 radical (unpaired) electrons. The van der Waals surface area contributed by atoms with Crippen LogP contribution in [-0.2, 0) is 0 Å². The first-order valence-corrected chi connectivity index (χ1v) is 6.26. The second-order valence-electron chi connectivity index (χ2n) is 2.87. The maximum atomic E-state index is 4.57. The molecule has 0 aliphatic heterocycles. The van der Waals surface area contributed by atoms with Crippen LogP contribution in [0, 0.1) is 0 Å². The van der Waals surface area contributed by atoms with Crippen LogP contribution in [0.25, 0.3) is 15.2 Å². The predicted octanol–water partition coefficient (Wildman–Crippen LogP) is 3.43. The van der Waals surface area contributed by atoms with E-state index >= 15 is 0 Å². The van der Waals surface area contributed by atoms with Crippen molar-refractivity contribution >= 4 is 33.2 Å². The Morgan fingerprint density at radius 1 is 0.929 bits per heavy atom. The van der Waals surface area contributed by atoms with E-state index in [1.165, 1.54) is 4.21 Å². The molecule has 68 valence electrons. The molecule has 0 saturated carbocycles. The zero-order valence-electron chi connectivity index (χ0n) is 7.25. The van der Waals surface area contributed by atoms with Crippen molar-refractivity contribution in [2.45, 2.75) is 0 Å². The van der Waals surface area contributed by atoms with Crippen LogP contribution in [0.2, 0.25) is 0 Å². The van der Waals surface area contributed by atoms with Crippen molar-refractivity contribution in [3.8, 4) is 4.21 Å². The second kappa shape index (κ2) is 3.15. The van der Waals surface area contributed by atoms with E-state index in [4.69, 9.17) is 0 Å². The van der Waals surface area contributed by atoms with Crippen LogP contribution in [0.3, 0.4) is 0 Å². The lowest BCUT2D eigenvalue weighted by molar-refractivity contribution is 1.64. The topological polar surface area (TPSA) is 25.8 Å². The number of nitrogens with zero attached hydrogens (tertiary/aromatic N) is 2. The minimum atomic E-state index is -0.288. The number of benzene rings is 1. The molecule has 0 unspecified atom stereocenters. The molecule has 1 aromatic carbocycles. The Labute approximate surface area is 88.1 Å². The summed E-state index contributed by atoms with van der Waals surface area (Å²) in [5, 5.41) is 2.07. The Hall–Kier alpha value is -1.26. The van der Waals surface area contributed by atoms with E-state index < -0.39 is 0 Å². The molecule has 3 aromatic rings. The Kier molecular flexibility index (Phi) is 1.82. The van der Waals surface area contributed by atoms with Gasteiger partial charge in [0.1, 0.15) is 0 Å². The summed E-state index contributed by atoms with van der Waals surface area (Å²) < 4.78 is 10.4. The molecule has 4 heteroatoms. The molecule has 0 bridgehead atoms. The van der Waals surface area contributed by atoms with Gasteiger partial charge >= 0.3 is 0 Å². The lowest BCUT2D eigenvalue weighted by atomic mass is 10.3. The van der Waals surface area contributed by atoms with Gasteiger partial charge in [-0.15, -0.1) is 0 Å². The normalized spacial score (nSPS) is 10.9. The molecule has 0 fully saturated rings. The highest BCUT2D eigenvalue weighted by atomic mass is 32.2. The fourth-order valence-electron chi connectivity index (χ4n) is 1.28. The summed E-state index contributed by atoms with van der Waals surface area (Å²) in [6, 6.07) is 12.2. The fraction of sp³-hybridized carbons (Fsp3) is 0. The van der Waals surface area contributed by atoms with E-state index in [1.807, 2.05) is 30.3 Å².